The van der Waals surface area contributed by atoms with Gasteiger partial charge in [0.2, 0.25) is 5.88 Å². The van der Waals surface area contributed by atoms with Crippen molar-refractivity contribution in [2.24, 2.45) is 0 Å². The molecule has 0 aliphatic carbocycles. The van der Waals surface area contributed by atoms with Crippen molar-refractivity contribution < 1.29 is 9.53 Å². The lowest BCUT2D eigenvalue weighted by Crippen LogP contribution is -2.46. The Labute approximate surface area is 93.6 Å². The van der Waals surface area contributed by atoms with Gasteiger partial charge in [0, 0.05) is 32.4 Å². The van der Waals surface area contributed by atoms with Crippen LogP contribution in [0.25, 0.3) is 0 Å². The van der Waals surface area contributed by atoms with Gasteiger partial charge in [0.05, 0.1) is 7.11 Å². The van der Waals surface area contributed by atoms with Gasteiger partial charge in [-0.15, -0.1) is 0 Å². The Morgan fingerprint density at radius 1 is 1.50 bits per heavy atom. The van der Waals surface area contributed by atoms with E-state index < -0.39 is 0 Å². The van der Waals surface area contributed by atoms with Gasteiger partial charge in [-0.3, -0.25) is 4.79 Å². The maximum Gasteiger partial charge on any atom is 0.261 e. The van der Waals surface area contributed by atoms with Gasteiger partial charge in [-0.05, 0) is 0 Å². The van der Waals surface area contributed by atoms with Gasteiger partial charge in [0.25, 0.3) is 5.91 Å². The topological polar surface area (TPSA) is 67.4 Å². The normalized spacial score (nSPS) is 15.9. The average molecular weight is 222 g/mol. The number of carbonyl (C=O) groups excluding carboxylic acids is 1. The van der Waals surface area contributed by atoms with Crippen molar-refractivity contribution >= 4 is 5.91 Å². The van der Waals surface area contributed by atoms with E-state index in [4.69, 9.17) is 4.74 Å². The Morgan fingerprint density at radius 3 is 2.94 bits per heavy atom. The van der Waals surface area contributed by atoms with Gasteiger partial charge < -0.3 is 15.0 Å². The van der Waals surface area contributed by atoms with Crippen molar-refractivity contribution in [2.75, 3.05) is 33.3 Å². The maximum atomic E-state index is 12.1. The highest BCUT2D eigenvalue weighted by Gasteiger charge is 2.21. The van der Waals surface area contributed by atoms with Crippen molar-refractivity contribution in [3.05, 3.63) is 18.1 Å². The van der Waals surface area contributed by atoms with Crippen LogP contribution in [-0.2, 0) is 0 Å². The number of hydrogen-bond acceptors (Lipinski definition) is 5. The second kappa shape index (κ2) is 4.89. The first kappa shape index (κ1) is 10.8. The molecular formula is C10H14N4O2. The molecule has 1 aromatic rings. The Bertz CT molecular complexity index is 377. The molecule has 1 aliphatic heterocycles. The molecule has 86 valence electrons. The van der Waals surface area contributed by atoms with Crippen LogP contribution in [-0.4, -0.2) is 54.1 Å². The van der Waals surface area contributed by atoms with Crippen LogP contribution < -0.4 is 10.1 Å². The molecule has 6 heteroatoms. The van der Waals surface area contributed by atoms with Gasteiger partial charge in [0.1, 0.15) is 11.9 Å². The number of piperazine rings is 1. The molecule has 2 heterocycles. The molecule has 2 rings (SSSR count). The van der Waals surface area contributed by atoms with Crippen LogP contribution >= 0.6 is 0 Å². The number of ether oxygens (including phenoxy) is 1. The summed E-state index contributed by atoms with van der Waals surface area (Å²) in [6, 6.07) is 0. The number of nitrogens with one attached hydrogen (secondary N) is 1. The van der Waals surface area contributed by atoms with Gasteiger partial charge >= 0.3 is 0 Å². The van der Waals surface area contributed by atoms with E-state index in [0.717, 1.165) is 13.1 Å². The highest BCUT2D eigenvalue weighted by molar-refractivity contribution is 5.96. The molecule has 0 saturated carbocycles. The first-order chi connectivity index (χ1) is 7.83. The lowest BCUT2D eigenvalue weighted by molar-refractivity contribution is 0.0731. The summed E-state index contributed by atoms with van der Waals surface area (Å²) in [6.07, 6.45) is 2.86. The van der Waals surface area contributed by atoms with E-state index in [2.05, 4.69) is 15.3 Å². The largest absolute Gasteiger partial charge is 0.480 e. The minimum atomic E-state index is -0.0704. The first-order valence-electron chi connectivity index (χ1n) is 5.17. The number of amides is 1. The molecule has 0 atom stereocenters. The SMILES string of the molecule is COc1ncncc1C(=O)N1CCNCC1. The average Bonchev–Trinajstić information content (AvgIpc) is 2.39. The standard InChI is InChI=1S/C10H14N4O2/c1-16-9-8(6-12-7-13-9)10(15)14-4-2-11-3-5-14/h6-7,11H,2-5H2,1H3. The van der Waals surface area contributed by atoms with Gasteiger partial charge in [-0.25, -0.2) is 9.97 Å². The number of rotatable bonds is 2. The molecule has 1 aromatic heterocycles. The second-order valence-corrected chi connectivity index (χ2v) is 3.49. The van der Waals surface area contributed by atoms with Crippen LogP contribution in [0.15, 0.2) is 12.5 Å². The van der Waals surface area contributed by atoms with Crippen molar-refractivity contribution in [3.8, 4) is 5.88 Å². The fourth-order valence-electron chi connectivity index (χ4n) is 1.67. The zero-order chi connectivity index (χ0) is 11.4. The summed E-state index contributed by atoms with van der Waals surface area (Å²) in [5, 5.41) is 3.19. The highest BCUT2D eigenvalue weighted by atomic mass is 16.5. The molecule has 0 aromatic carbocycles. The van der Waals surface area contributed by atoms with Crippen LogP contribution in [0.1, 0.15) is 10.4 Å². The predicted molar refractivity (Wildman–Crippen MR) is 57.4 cm³/mol. The van der Waals surface area contributed by atoms with Crippen LogP contribution in [0.4, 0.5) is 0 Å². The van der Waals surface area contributed by atoms with Crippen molar-refractivity contribution in [1.82, 2.24) is 20.2 Å². The van der Waals surface area contributed by atoms with Gasteiger partial charge in [-0.1, -0.05) is 0 Å². The lowest BCUT2D eigenvalue weighted by Gasteiger charge is -2.27. The Kier molecular flexibility index (Phi) is 3.31. The van der Waals surface area contributed by atoms with E-state index in [-0.39, 0.29) is 5.91 Å². The van der Waals surface area contributed by atoms with Crippen molar-refractivity contribution in [2.45, 2.75) is 0 Å². The molecule has 0 unspecified atom stereocenters. The molecule has 1 saturated heterocycles. The predicted octanol–water partition coefficient (Wildman–Crippen LogP) is -0.469. The molecule has 0 radical (unpaired) electrons. The van der Waals surface area contributed by atoms with Crippen LogP contribution in [0.3, 0.4) is 0 Å². The van der Waals surface area contributed by atoms with Crippen LogP contribution in [0.5, 0.6) is 5.88 Å². The molecule has 16 heavy (non-hydrogen) atoms. The zero-order valence-electron chi connectivity index (χ0n) is 9.14. The fourth-order valence-corrected chi connectivity index (χ4v) is 1.67. The third kappa shape index (κ3) is 2.11. The number of methoxy groups -OCH3 is 1. The Balaban J connectivity index is 2.19. The summed E-state index contributed by atoms with van der Waals surface area (Å²) in [4.78, 5) is 21.7. The number of hydrogen-bond donors (Lipinski definition) is 1. The minimum absolute atomic E-state index is 0.0704. The Hall–Kier alpha value is -1.69. The van der Waals surface area contributed by atoms with Gasteiger partial charge in [-0.2, -0.15) is 0 Å². The van der Waals surface area contributed by atoms with E-state index in [0.29, 0.717) is 24.5 Å². The number of nitrogens with zero attached hydrogens (tertiary/aromatic N) is 3. The minimum Gasteiger partial charge on any atom is -0.480 e. The van der Waals surface area contributed by atoms with Gasteiger partial charge in [0.15, 0.2) is 0 Å². The summed E-state index contributed by atoms with van der Waals surface area (Å²) < 4.78 is 5.04. The third-order valence-electron chi connectivity index (χ3n) is 2.50. The third-order valence-corrected chi connectivity index (χ3v) is 2.50. The molecule has 1 amide bonds. The van der Waals surface area contributed by atoms with Crippen LogP contribution in [0, 0.1) is 0 Å². The molecular weight excluding hydrogens is 208 g/mol. The molecule has 1 N–H and O–H groups in total. The van der Waals surface area contributed by atoms with E-state index in [1.54, 1.807) is 4.90 Å². The summed E-state index contributed by atoms with van der Waals surface area (Å²) in [5.74, 6) is 0.262. The summed E-state index contributed by atoms with van der Waals surface area (Å²) in [5.41, 5.74) is 0.423. The number of aromatic nitrogens is 2. The molecule has 6 nitrogen and oxygen atoms in total. The smallest absolute Gasteiger partial charge is 0.261 e. The fraction of sp³-hybridized carbons (Fsp3) is 0.500. The summed E-state index contributed by atoms with van der Waals surface area (Å²) in [6.45, 7) is 3.05. The second-order valence-electron chi connectivity index (χ2n) is 3.49. The van der Waals surface area contributed by atoms with Crippen molar-refractivity contribution in [3.63, 3.8) is 0 Å². The monoisotopic (exact) mass is 222 g/mol. The first-order valence-corrected chi connectivity index (χ1v) is 5.17. The number of carbonyl (C=O) groups is 1. The Morgan fingerprint density at radius 2 is 2.25 bits per heavy atom. The zero-order valence-corrected chi connectivity index (χ0v) is 9.14. The maximum absolute atomic E-state index is 12.1. The van der Waals surface area contributed by atoms with E-state index in [1.165, 1.54) is 19.6 Å². The molecule has 0 bridgehead atoms. The summed E-state index contributed by atoms with van der Waals surface area (Å²) in [7, 11) is 1.50. The molecule has 1 fully saturated rings. The van der Waals surface area contributed by atoms with Crippen molar-refractivity contribution in [1.29, 1.82) is 0 Å². The highest BCUT2D eigenvalue weighted by Crippen LogP contribution is 2.15. The molecule has 1 aliphatic rings. The van der Waals surface area contributed by atoms with E-state index in [1.807, 2.05) is 0 Å². The van der Waals surface area contributed by atoms with Crippen LogP contribution in [0.2, 0.25) is 0 Å². The van der Waals surface area contributed by atoms with E-state index in [9.17, 15) is 4.79 Å². The molecule has 0 spiro atoms. The lowest BCUT2D eigenvalue weighted by atomic mass is 10.2. The van der Waals surface area contributed by atoms with E-state index >= 15 is 0 Å². The summed E-state index contributed by atoms with van der Waals surface area (Å²) >= 11 is 0. The quantitative estimate of drug-likeness (QED) is 0.732.